The number of nitrogens with zero attached hydrogens (tertiary/aromatic N) is 4. The van der Waals surface area contributed by atoms with Gasteiger partial charge in [-0.3, -0.25) is 4.40 Å². The third-order valence-corrected chi connectivity index (χ3v) is 3.96. The molecule has 3 aromatic rings. The molecule has 0 aliphatic heterocycles. The molecule has 0 unspecified atom stereocenters. The number of benzene rings is 1. The lowest BCUT2D eigenvalue weighted by Gasteiger charge is -2.06. The zero-order valence-electron chi connectivity index (χ0n) is 14.3. The lowest BCUT2D eigenvalue weighted by Crippen LogP contribution is -1.88. The zero-order valence-corrected chi connectivity index (χ0v) is 14.3. The maximum absolute atomic E-state index is 4.69. The summed E-state index contributed by atoms with van der Waals surface area (Å²) in [6.45, 7) is 10.5. The Morgan fingerprint density at radius 2 is 1.70 bits per heavy atom. The summed E-state index contributed by atoms with van der Waals surface area (Å²) < 4.78 is 2.00. The van der Waals surface area contributed by atoms with Gasteiger partial charge in [0.2, 0.25) is 0 Å². The molecule has 23 heavy (non-hydrogen) atoms. The van der Waals surface area contributed by atoms with E-state index in [-0.39, 0.29) is 0 Å². The van der Waals surface area contributed by atoms with Crippen molar-refractivity contribution in [2.75, 3.05) is 0 Å². The minimum atomic E-state index is 0.295. The van der Waals surface area contributed by atoms with Gasteiger partial charge in [0.1, 0.15) is 5.65 Å². The fourth-order valence-electron chi connectivity index (χ4n) is 2.92. The monoisotopic (exact) mass is 306 g/mol. The van der Waals surface area contributed by atoms with Crippen LogP contribution in [-0.4, -0.2) is 9.38 Å². The van der Waals surface area contributed by atoms with Gasteiger partial charge in [0.15, 0.2) is 5.82 Å². The molecule has 0 N–H and O–H groups in total. The van der Waals surface area contributed by atoms with Crippen LogP contribution in [-0.2, 0) is 0 Å². The third-order valence-electron chi connectivity index (χ3n) is 3.96. The fourth-order valence-corrected chi connectivity index (χ4v) is 2.92. The molecule has 0 fully saturated rings. The quantitative estimate of drug-likeness (QED) is 0.564. The lowest BCUT2D eigenvalue weighted by atomic mass is 10.1. The SMILES string of the molecule is Cc1cc(C)c(N=Nc2c(C(C)C)nc3ccccn23)c(C)c1. The Labute approximate surface area is 136 Å². The molecule has 0 amide bonds. The maximum Gasteiger partial charge on any atom is 0.183 e. The van der Waals surface area contributed by atoms with E-state index in [0.717, 1.165) is 34.0 Å². The third kappa shape index (κ3) is 2.89. The van der Waals surface area contributed by atoms with Crippen LogP contribution < -0.4 is 0 Å². The van der Waals surface area contributed by atoms with Gasteiger partial charge in [-0.15, -0.1) is 10.2 Å². The Hall–Kier alpha value is -2.49. The number of imidazole rings is 1. The van der Waals surface area contributed by atoms with Gasteiger partial charge in [-0.2, -0.15) is 0 Å². The number of pyridine rings is 1. The standard InChI is InChI=1S/C19H22N4/c1-12(2)17-19(23-9-7-6-8-16(23)20-17)22-21-18-14(4)10-13(3)11-15(18)5/h6-12H,1-5H3. The van der Waals surface area contributed by atoms with Crippen molar-refractivity contribution in [3.05, 3.63) is 58.9 Å². The normalized spacial score (nSPS) is 11.9. The molecule has 0 aliphatic rings. The Balaban J connectivity index is 2.13. The van der Waals surface area contributed by atoms with Crippen LogP contribution in [0.2, 0.25) is 0 Å². The molecule has 4 heteroatoms. The molecule has 3 rings (SSSR count). The van der Waals surface area contributed by atoms with Crippen LogP contribution >= 0.6 is 0 Å². The zero-order chi connectivity index (χ0) is 16.6. The van der Waals surface area contributed by atoms with E-state index in [1.807, 2.05) is 28.8 Å². The van der Waals surface area contributed by atoms with Crippen LogP contribution in [0.25, 0.3) is 5.65 Å². The number of fused-ring (bicyclic) bond motifs is 1. The van der Waals surface area contributed by atoms with Gasteiger partial charge in [-0.1, -0.05) is 37.6 Å². The summed E-state index contributed by atoms with van der Waals surface area (Å²) in [7, 11) is 0. The van der Waals surface area contributed by atoms with Crippen molar-refractivity contribution < 1.29 is 0 Å². The summed E-state index contributed by atoms with van der Waals surface area (Å²) in [4.78, 5) is 4.69. The summed E-state index contributed by atoms with van der Waals surface area (Å²) in [5, 5.41) is 9.11. The topological polar surface area (TPSA) is 42.0 Å². The smallest absolute Gasteiger partial charge is 0.183 e. The van der Waals surface area contributed by atoms with Gasteiger partial charge < -0.3 is 0 Å². The molecule has 0 atom stereocenters. The van der Waals surface area contributed by atoms with Gasteiger partial charge in [0, 0.05) is 6.20 Å². The number of azo groups is 1. The highest BCUT2D eigenvalue weighted by molar-refractivity contribution is 5.56. The average molecular weight is 306 g/mol. The second-order valence-corrected chi connectivity index (χ2v) is 6.35. The number of hydrogen-bond donors (Lipinski definition) is 0. The molecule has 0 saturated heterocycles. The largest absolute Gasteiger partial charge is 0.283 e. The highest BCUT2D eigenvalue weighted by atomic mass is 15.2. The summed E-state index contributed by atoms with van der Waals surface area (Å²) in [6.07, 6.45) is 1.98. The Kier molecular flexibility index (Phi) is 3.99. The summed E-state index contributed by atoms with van der Waals surface area (Å²) in [5.41, 5.74) is 6.36. The predicted molar refractivity (Wildman–Crippen MR) is 94.1 cm³/mol. The maximum atomic E-state index is 4.69. The van der Waals surface area contributed by atoms with E-state index in [2.05, 4.69) is 57.0 Å². The highest BCUT2D eigenvalue weighted by Gasteiger charge is 2.14. The molecule has 4 nitrogen and oxygen atoms in total. The second-order valence-electron chi connectivity index (χ2n) is 6.35. The molecule has 0 saturated carbocycles. The van der Waals surface area contributed by atoms with Crippen molar-refractivity contribution >= 4 is 17.2 Å². The molecule has 118 valence electrons. The first-order valence-electron chi connectivity index (χ1n) is 7.94. The van der Waals surface area contributed by atoms with Crippen molar-refractivity contribution in [3.8, 4) is 0 Å². The van der Waals surface area contributed by atoms with Crippen LogP contribution in [0, 0.1) is 20.8 Å². The van der Waals surface area contributed by atoms with E-state index in [1.165, 1.54) is 5.56 Å². The van der Waals surface area contributed by atoms with E-state index in [4.69, 9.17) is 4.98 Å². The molecule has 0 aliphatic carbocycles. The second kappa shape index (κ2) is 5.95. The number of rotatable bonds is 3. The van der Waals surface area contributed by atoms with E-state index in [9.17, 15) is 0 Å². The minimum Gasteiger partial charge on any atom is -0.283 e. The van der Waals surface area contributed by atoms with E-state index in [0.29, 0.717) is 5.92 Å². The molecule has 0 radical (unpaired) electrons. The van der Waals surface area contributed by atoms with Crippen molar-refractivity contribution in [2.45, 2.75) is 40.5 Å². The van der Waals surface area contributed by atoms with E-state index in [1.54, 1.807) is 0 Å². The Bertz CT molecular complexity index is 865. The van der Waals surface area contributed by atoms with Crippen molar-refractivity contribution in [2.24, 2.45) is 10.2 Å². The van der Waals surface area contributed by atoms with Gasteiger partial charge in [-0.05, 0) is 49.9 Å². The predicted octanol–water partition coefficient (Wildman–Crippen LogP) is 5.80. The number of aromatic nitrogens is 2. The van der Waals surface area contributed by atoms with E-state index >= 15 is 0 Å². The summed E-state index contributed by atoms with van der Waals surface area (Å²) in [5.74, 6) is 1.11. The van der Waals surface area contributed by atoms with Gasteiger partial charge in [0.25, 0.3) is 0 Å². The number of aryl methyl sites for hydroxylation is 3. The molecular formula is C19H22N4. The van der Waals surface area contributed by atoms with Gasteiger partial charge >= 0.3 is 0 Å². The van der Waals surface area contributed by atoms with Crippen LogP contribution in [0.3, 0.4) is 0 Å². The Morgan fingerprint density at radius 1 is 1.00 bits per heavy atom. The molecular weight excluding hydrogens is 284 g/mol. The van der Waals surface area contributed by atoms with Gasteiger partial charge in [0.05, 0.1) is 11.4 Å². The molecule has 0 bridgehead atoms. The van der Waals surface area contributed by atoms with E-state index < -0.39 is 0 Å². The first kappa shape index (κ1) is 15.4. The first-order valence-corrected chi connectivity index (χ1v) is 7.94. The summed E-state index contributed by atoms with van der Waals surface area (Å²) in [6, 6.07) is 10.2. The first-order chi connectivity index (χ1) is 11.0. The Morgan fingerprint density at radius 3 is 2.35 bits per heavy atom. The van der Waals surface area contributed by atoms with Crippen molar-refractivity contribution in [1.82, 2.24) is 9.38 Å². The molecule has 2 heterocycles. The van der Waals surface area contributed by atoms with Gasteiger partial charge in [-0.25, -0.2) is 4.98 Å². The average Bonchev–Trinajstić information content (AvgIpc) is 2.85. The lowest BCUT2D eigenvalue weighted by molar-refractivity contribution is 0.831. The highest BCUT2D eigenvalue weighted by Crippen LogP contribution is 2.31. The van der Waals surface area contributed by atoms with Crippen LogP contribution in [0.1, 0.15) is 42.1 Å². The fraction of sp³-hybridized carbons (Fsp3) is 0.316. The van der Waals surface area contributed by atoms with Crippen molar-refractivity contribution in [3.63, 3.8) is 0 Å². The number of hydrogen-bond acceptors (Lipinski definition) is 3. The summed E-state index contributed by atoms with van der Waals surface area (Å²) >= 11 is 0. The van der Waals surface area contributed by atoms with Crippen molar-refractivity contribution in [1.29, 1.82) is 0 Å². The minimum absolute atomic E-state index is 0.295. The molecule has 0 spiro atoms. The van der Waals surface area contributed by atoms with Crippen LogP contribution in [0.15, 0.2) is 46.8 Å². The van der Waals surface area contributed by atoms with Crippen LogP contribution in [0.5, 0.6) is 0 Å². The molecule has 1 aromatic carbocycles. The van der Waals surface area contributed by atoms with Crippen LogP contribution in [0.4, 0.5) is 11.5 Å². The molecule has 2 aromatic heterocycles.